The van der Waals surface area contributed by atoms with E-state index in [2.05, 4.69) is 0 Å². The standard InChI is InChI=1S/C18H21ClO3S/c1-13-16(11-12-22-13)23-17(18(20)21)6-4-2-3-5-14-7-9-15(19)10-8-14/h7-12,17H,2-6H2,1H3,(H,20,21). The Hall–Kier alpha value is -1.39. The first-order valence-electron chi connectivity index (χ1n) is 7.74. The van der Waals surface area contributed by atoms with Crippen molar-refractivity contribution in [2.45, 2.75) is 49.2 Å². The lowest BCUT2D eigenvalue weighted by Gasteiger charge is -2.11. The van der Waals surface area contributed by atoms with E-state index in [4.69, 9.17) is 16.0 Å². The lowest BCUT2D eigenvalue weighted by Crippen LogP contribution is -2.16. The van der Waals surface area contributed by atoms with Crippen LogP contribution in [0.3, 0.4) is 0 Å². The molecule has 1 atom stereocenters. The summed E-state index contributed by atoms with van der Waals surface area (Å²) in [5, 5.41) is 9.70. The van der Waals surface area contributed by atoms with Crippen LogP contribution in [0.2, 0.25) is 5.02 Å². The molecule has 0 saturated heterocycles. The van der Waals surface area contributed by atoms with Gasteiger partial charge < -0.3 is 9.52 Å². The number of carbonyl (C=O) groups is 1. The lowest BCUT2D eigenvalue weighted by molar-refractivity contribution is -0.136. The Bertz CT molecular complexity index is 621. The lowest BCUT2D eigenvalue weighted by atomic mass is 10.1. The zero-order chi connectivity index (χ0) is 16.7. The van der Waals surface area contributed by atoms with Gasteiger partial charge >= 0.3 is 5.97 Å². The molecule has 0 bridgehead atoms. The number of carboxylic acid groups (broad SMARTS) is 1. The van der Waals surface area contributed by atoms with Crippen molar-refractivity contribution >= 4 is 29.3 Å². The summed E-state index contributed by atoms with van der Waals surface area (Å²) in [6.45, 7) is 1.85. The van der Waals surface area contributed by atoms with E-state index in [9.17, 15) is 9.90 Å². The van der Waals surface area contributed by atoms with E-state index in [-0.39, 0.29) is 0 Å². The molecule has 0 radical (unpaired) electrons. The number of benzene rings is 1. The van der Waals surface area contributed by atoms with Crippen molar-refractivity contribution < 1.29 is 14.3 Å². The van der Waals surface area contributed by atoms with Gasteiger partial charge in [0.2, 0.25) is 0 Å². The molecule has 1 aromatic heterocycles. The SMILES string of the molecule is Cc1occc1SC(CCCCCc1ccc(Cl)cc1)C(=O)O. The van der Waals surface area contributed by atoms with E-state index in [0.29, 0.717) is 6.42 Å². The van der Waals surface area contributed by atoms with Gasteiger partial charge in [0.15, 0.2) is 0 Å². The van der Waals surface area contributed by atoms with Crippen LogP contribution >= 0.6 is 23.4 Å². The summed E-state index contributed by atoms with van der Waals surface area (Å²) in [5.74, 6) is 0.0253. The summed E-state index contributed by atoms with van der Waals surface area (Å²) < 4.78 is 5.22. The van der Waals surface area contributed by atoms with Crippen molar-refractivity contribution in [1.29, 1.82) is 0 Å². The molecule has 2 rings (SSSR count). The number of aryl methyl sites for hydroxylation is 2. The van der Waals surface area contributed by atoms with Gasteiger partial charge in [-0.2, -0.15) is 0 Å². The Balaban J connectivity index is 1.71. The smallest absolute Gasteiger partial charge is 0.316 e. The Morgan fingerprint density at radius 3 is 2.57 bits per heavy atom. The first-order valence-corrected chi connectivity index (χ1v) is 9.00. The molecule has 0 aliphatic carbocycles. The first-order chi connectivity index (χ1) is 11.1. The average molecular weight is 353 g/mol. The minimum absolute atomic E-state index is 0.415. The first kappa shape index (κ1) is 18.0. The fraction of sp³-hybridized carbons (Fsp3) is 0.389. The van der Waals surface area contributed by atoms with E-state index >= 15 is 0 Å². The third kappa shape index (κ3) is 5.96. The van der Waals surface area contributed by atoms with Gasteiger partial charge in [0, 0.05) is 9.92 Å². The van der Waals surface area contributed by atoms with Crippen molar-refractivity contribution in [3.05, 3.63) is 52.9 Å². The number of hydrogen-bond acceptors (Lipinski definition) is 3. The zero-order valence-corrected chi connectivity index (χ0v) is 14.7. The Kier molecular flexibility index (Phi) is 7.06. The number of thioether (sulfide) groups is 1. The molecule has 3 nitrogen and oxygen atoms in total. The molecule has 1 N–H and O–H groups in total. The van der Waals surface area contributed by atoms with Crippen LogP contribution in [0.1, 0.15) is 37.0 Å². The van der Waals surface area contributed by atoms with Crippen molar-refractivity contribution in [3.8, 4) is 0 Å². The van der Waals surface area contributed by atoms with Crippen LogP contribution < -0.4 is 0 Å². The van der Waals surface area contributed by atoms with Crippen LogP contribution in [0.4, 0.5) is 0 Å². The molecule has 0 spiro atoms. The van der Waals surface area contributed by atoms with E-state index < -0.39 is 11.2 Å². The van der Waals surface area contributed by atoms with Gasteiger partial charge in [-0.3, -0.25) is 4.79 Å². The molecule has 2 aromatic rings. The van der Waals surface area contributed by atoms with E-state index in [1.54, 1.807) is 6.26 Å². The number of furan rings is 1. The zero-order valence-electron chi connectivity index (χ0n) is 13.1. The second kappa shape index (κ2) is 9.04. The predicted octanol–water partition coefficient (Wildman–Crippen LogP) is 5.59. The molecular formula is C18H21ClO3S. The molecule has 0 aliphatic rings. The number of unbranched alkanes of at least 4 members (excludes halogenated alkanes) is 2. The molecule has 23 heavy (non-hydrogen) atoms. The highest BCUT2D eigenvalue weighted by Gasteiger charge is 2.20. The largest absolute Gasteiger partial charge is 0.480 e. The molecule has 1 heterocycles. The molecule has 0 fully saturated rings. The molecule has 5 heteroatoms. The highest BCUT2D eigenvalue weighted by Crippen LogP contribution is 2.30. The maximum absolute atomic E-state index is 11.4. The molecule has 1 aromatic carbocycles. The number of aliphatic carboxylic acids is 1. The topological polar surface area (TPSA) is 50.4 Å². The van der Waals surface area contributed by atoms with Crippen molar-refractivity contribution in [2.75, 3.05) is 0 Å². The highest BCUT2D eigenvalue weighted by atomic mass is 35.5. The summed E-state index contributed by atoms with van der Waals surface area (Å²) in [4.78, 5) is 12.3. The van der Waals surface area contributed by atoms with E-state index in [1.165, 1.54) is 17.3 Å². The Morgan fingerprint density at radius 2 is 1.96 bits per heavy atom. The summed E-state index contributed by atoms with van der Waals surface area (Å²) >= 11 is 7.24. The molecular weight excluding hydrogens is 332 g/mol. The molecule has 0 amide bonds. The second-order valence-corrected chi connectivity index (χ2v) is 7.19. The molecule has 0 saturated carbocycles. The second-order valence-electron chi connectivity index (χ2n) is 5.51. The van der Waals surface area contributed by atoms with Gasteiger partial charge in [-0.1, -0.05) is 36.6 Å². The number of rotatable bonds is 9. The minimum Gasteiger partial charge on any atom is -0.480 e. The summed E-state index contributed by atoms with van der Waals surface area (Å²) in [6.07, 6.45) is 6.27. The van der Waals surface area contributed by atoms with Crippen LogP contribution in [-0.2, 0) is 11.2 Å². The number of halogens is 1. The summed E-state index contributed by atoms with van der Waals surface area (Å²) in [7, 11) is 0. The highest BCUT2D eigenvalue weighted by molar-refractivity contribution is 8.00. The molecule has 1 unspecified atom stereocenters. The number of carboxylic acids is 1. The summed E-state index contributed by atoms with van der Waals surface area (Å²) in [6, 6.07) is 9.72. The average Bonchev–Trinajstić information content (AvgIpc) is 2.92. The van der Waals surface area contributed by atoms with E-state index in [1.807, 2.05) is 37.3 Å². The summed E-state index contributed by atoms with van der Waals surface area (Å²) in [5.41, 5.74) is 1.27. The van der Waals surface area contributed by atoms with Gasteiger partial charge in [-0.05, 0) is 49.9 Å². The fourth-order valence-electron chi connectivity index (χ4n) is 2.37. The monoisotopic (exact) mass is 352 g/mol. The third-order valence-corrected chi connectivity index (χ3v) is 5.35. The van der Waals surface area contributed by atoms with Crippen molar-refractivity contribution in [1.82, 2.24) is 0 Å². The van der Waals surface area contributed by atoms with Crippen LogP contribution in [-0.4, -0.2) is 16.3 Å². The van der Waals surface area contributed by atoms with Gasteiger partial charge in [0.05, 0.1) is 6.26 Å². The quantitative estimate of drug-likeness (QED) is 0.472. The minimum atomic E-state index is -0.756. The van der Waals surface area contributed by atoms with Crippen LogP contribution in [0.25, 0.3) is 0 Å². The van der Waals surface area contributed by atoms with Gasteiger partial charge in [-0.15, -0.1) is 11.8 Å². The number of hydrogen-bond donors (Lipinski definition) is 1. The van der Waals surface area contributed by atoms with Gasteiger partial charge in [-0.25, -0.2) is 0 Å². The van der Waals surface area contributed by atoms with Gasteiger partial charge in [0.25, 0.3) is 0 Å². The normalized spacial score (nSPS) is 12.3. The van der Waals surface area contributed by atoms with Gasteiger partial charge in [0.1, 0.15) is 11.0 Å². The fourth-order valence-corrected chi connectivity index (χ4v) is 3.53. The Labute approximate surface area is 146 Å². The maximum Gasteiger partial charge on any atom is 0.316 e. The van der Waals surface area contributed by atoms with Crippen LogP contribution in [0.15, 0.2) is 45.9 Å². The van der Waals surface area contributed by atoms with E-state index in [0.717, 1.165) is 41.4 Å². The maximum atomic E-state index is 11.4. The molecule has 0 aliphatic heterocycles. The van der Waals surface area contributed by atoms with Crippen LogP contribution in [0.5, 0.6) is 0 Å². The third-order valence-electron chi connectivity index (χ3n) is 3.70. The predicted molar refractivity (Wildman–Crippen MR) is 94.3 cm³/mol. The Morgan fingerprint density at radius 1 is 1.22 bits per heavy atom. The van der Waals surface area contributed by atoms with Crippen molar-refractivity contribution in [3.63, 3.8) is 0 Å². The van der Waals surface area contributed by atoms with Crippen molar-refractivity contribution in [2.24, 2.45) is 0 Å². The van der Waals surface area contributed by atoms with Crippen LogP contribution in [0, 0.1) is 6.92 Å². The molecule has 124 valence electrons.